The number of benzene rings is 1. The molecule has 9 heteroatoms. The molecule has 32 heavy (non-hydrogen) atoms. The van der Waals surface area contributed by atoms with Gasteiger partial charge in [0, 0.05) is 0 Å². The largest absolute Gasteiger partial charge is 0.497 e. The maximum atomic E-state index is 13.0. The zero-order valence-corrected chi connectivity index (χ0v) is 17.1. The van der Waals surface area contributed by atoms with E-state index in [1.807, 2.05) is 0 Å². The van der Waals surface area contributed by atoms with Crippen LogP contribution in [0.25, 0.3) is 11.3 Å². The lowest BCUT2D eigenvalue weighted by Crippen LogP contribution is -2.30. The van der Waals surface area contributed by atoms with E-state index in [0.29, 0.717) is 5.75 Å². The molecular weight excluding hydrogens is 414 g/mol. The quantitative estimate of drug-likeness (QED) is 0.235. The molecule has 0 radical (unpaired) electrons. The number of hydrogen-bond donors (Lipinski definition) is 0. The number of hydrogen-bond acceptors (Lipinski definition) is 7. The maximum absolute atomic E-state index is 13.0. The van der Waals surface area contributed by atoms with Crippen LogP contribution in [0.5, 0.6) is 5.75 Å². The summed E-state index contributed by atoms with van der Waals surface area (Å²) in [5, 5.41) is 16.5. The van der Waals surface area contributed by atoms with Gasteiger partial charge in [0.15, 0.2) is 0 Å². The number of methoxy groups -OCH3 is 1. The van der Waals surface area contributed by atoms with E-state index in [2.05, 4.69) is 17.3 Å². The average molecular weight is 433 g/mol. The van der Waals surface area contributed by atoms with Gasteiger partial charge in [-0.1, -0.05) is 12.2 Å². The van der Waals surface area contributed by atoms with Crippen LogP contribution in [0, 0.1) is 39.2 Å². The van der Waals surface area contributed by atoms with Gasteiger partial charge < -0.3 is 9.15 Å². The van der Waals surface area contributed by atoms with Gasteiger partial charge in [0.05, 0.1) is 41.7 Å². The fraction of sp³-hybridized carbons (Fsp3) is 0.348. The van der Waals surface area contributed by atoms with E-state index < -0.39 is 4.92 Å². The number of amides is 2. The number of ether oxygens (including phenoxy) is 1. The van der Waals surface area contributed by atoms with Gasteiger partial charge in [-0.25, -0.2) is 0 Å². The first kappa shape index (κ1) is 19.0. The van der Waals surface area contributed by atoms with E-state index in [1.54, 1.807) is 24.3 Å². The molecule has 1 aromatic heterocycles. The summed E-state index contributed by atoms with van der Waals surface area (Å²) in [6, 6.07) is 7.64. The molecule has 2 saturated carbocycles. The van der Waals surface area contributed by atoms with Crippen molar-refractivity contribution in [1.29, 1.82) is 0 Å². The minimum absolute atomic E-state index is 0.138. The second kappa shape index (κ2) is 6.38. The predicted molar refractivity (Wildman–Crippen MR) is 112 cm³/mol. The van der Waals surface area contributed by atoms with Crippen LogP contribution in [-0.4, -0.2) is 35.1 Å². The fourth-order valence-electron chi connectivity index (χ4n) is 5.86. The highest BCUT2D eigenvalue weighted by atomic mass is 16.6. The second-order valence-electron chi connectivity index (χ2n) is 8.80. The summed E-state index contributed by atoms with van der Waals surface area (Å²) in [4.78, 5) is 36.9. The molecule has 1 saturated heterocycles. The predicted octanol–water partition coefficient (Wildman–Crippen LogP) is 3.39. The van der Waals surface area contributed by atoms with Crippen molar-refractivity contribution in [3.8, 4) is 17.1 Å². The lowest BCUT2D eigenvalue weighted by molar-refractivity contribution is -0.384. The molecule has 162 valence electrons. The van der Waals surface area contributed by atoms with Crippen LogP contribution in [0.1, 0.15) is 18.6 Å². The molecule has 2 heterocycles. The molecule has 1 aliphatic heterocycles. The first-order valence-corrected chi connectivity index (χ1v) is 10.5. The Balaban J connectivity index is 1.25. The molecule has 4 unspecified atom stereocenters. The summed E-state index contributed by atoms with van der Waals surface area (Å²) < 4.78 is 10.8. The van der Waals surface area contributed by atoms with Crippen LogP contribution in [0.3, 0.4) is 0 Å². The van der Waals surface area contributed by atoms with Crippen molar-refractivity contribution in [2.45, 2.75) is 12.8 Å². The SMILES string of the molecule is COc1ccc(-c2ccc(/C=N/N3C(=O)C4C(C3=O)C3C=CC4C34CC4)o2)c([N+](=O)[O-])c1. The summed E-state index contributed by atoms with van der Waals surface area (Å²) in [5.41, 5.74) is 0.270. The Bertz CT molecular complexity index is 1210. The zero-order valence-electron chi connectivity index (χ0n) is 17.1. The van der Waals surface area contributed by atoms with Gasteiger partial charge in [-0.05, 0) is 54.4 Å². The molecule has 9 nitrogen and oxygen atoms in total. The summed E-state index contributed by atoms with van der Waals surface area (Å²) in [6.45, 7) is 0. The first-order valence-electron chi connectivity index (χ1n) is 10.5. The summed E-state index contributed by atoms with van der Waals surface area (Å²) in [6.07, 6.45) is 7.69. The van der Waals surface area contributed by atoms with Crippen molar-refractivity contribution in [1.82, 2.24) is 5.01 Å². The standard InChI is InChI=1S/C23H19N3O6/c1-31-12-2-4-14(17(10-12)26(29)30)18-7-3-13(32-18)11-24-25-21(27)19-15-5-6-16(20(19)22(25)28)23(15)8-9-23/h2-7,10-11,15-16,19-20H,8-9H2,1H3/b24-11+. The Morgan fingerprint density at radius 2 is 1.84 bits per heavy atom. The monoisotopic (exact) mass is 433 g/mol. The van der Waals surface area contributed by atoms with E-state index in [-0.39, 0.29) is 63.7 Å². The number of rotatable bonds is 5. The Labute approximate surface area is 182 Å². The smallest absolute Gasteiger partial charge is 0.284 e. The van der Waals surface area contributed by atoms with Gasteiger partial charge in [0.25, 0.3) is 17.5 Å². The van der Waals surface area contributed by atoms with Crippen LogP contribution in [-0.2, 0) is 9.59 Å². The number of nitro benzene ring substituents is 1. The highest BCUT2D eigenvalue weighted by molar-refractivity contribution is 6.07. The number of nitrogens with zero attached hydrogens (tertiary/aromatic N) is 3. The number of allylic oxidation sites excluding steroid dienone is 2. The van der Waals surface area contributed by atoms with Gasteiger partial charge in [0.2, 0.25) is 0 Å². The first-order chi connectivity index (χ1) is 15.4. The molecule has 4 aliphatic rings. The summed E-state index contributed by atoms with van der Waals surface area (Å²) >= 11 is 0. The highest BCUT2D eigenvalue weighted by Crippen LogP contribution is 2.73. The molecule has 2 bridgehead atoms. The van der Waals surface area contributed by atoms with Crippen LogP contribution >= 0.6 is 0 Å². The molecule has 1 spiro atoms. The van der Waals surface area contributed by atoms with Gasteiger partial charge in [-0.3, -0.25) is 19.7 Å². The maximum Gasteiger partial charge on any atom is 0.284 e. The zero-order chi connectivity index (χ0) is 22.2. The topological polar surface area (TPSA) is 115 Å². The van der Waals surface area contributed by atoms with Crippen molar-refractivity contribution in [2.24, 2.45) is 34.2 Å². The van der Waals surface area contributed by atoms with Crippen LogP contribution < -0.4 is 4.74 Å². The third-order valence-corrected chi connectivity index (χ3v) is 7.42. The number of carbonyl (C=O) groups excluding carboxylic acids is 2. The van der Waals surface area contributed by atoms with Crippen LogP contribution in [0.2, 0.25) is 0 Å². The van der Waals surface area contributed by atoms with Crippen molar-refractivity contribution >= 4 is 23.7 Å². The van der Waals surface area contributed by atoms with Crippen LogP contribution in [0.4, 0.5) is 5.69 Å². The minimum atomic E-state index is -0.510. The molecule has 2 aromatic rings. The van der Waals surface area contributed by atoms with Crippen LogP contribution in [0.15, 0.2) is 52.0 Å². The summed E-state index contributed by atoms with van der Waals surface area (Å²) in [5.74, 6) is 0.0606. The number of fused-ring (bicyclic) bond motifs is 3. The van der Waals surface area contributed by atoms with E-state index in [4.69, 9.17) is 9.15 Å². The normalized spacial score (nSPS) is 28.8. The Morgan fingerprint density at radius 1 is 1.16 bits per heavy atom. The number of hydrazone groups is 1. The van der Waals surface area contributed by atoms with Crippen molar-refractivity contribution in [3.63, 3.8) is 0 Å². The number of carbonyl (C=O) groups is 2. The highest BCUT2D eigenvalue weighted by Gasteiger charge is 2.73. The molecule has 4 atom stereocenters. The molecule has 0 N–H and O–H groups in total. The third kappa shape index (κ3) is 2.41. The van der Waals surface area contributed by atoms with Gasteiger partial charge in [0.1, 0.15) is 17.3 Å². The van der Waals surface area contributed by atoms with Gasteiger partial charge >= 0.3 is 0 Å². The van der Waals surface area contributed by atoms with E-state index in [1.165, 1.54) is 19.4 Å². The molecule has 3 fully saturated rings. The Kier molecular flexibility index (Phi) is 3.78. The Morgan fingerprint density at radius 3 is 2.44 bits per heavy atom. The number of imide groups is 1. The molecule has 3 aliphatic carbocycles. The second-order valence-corrected chi connectivity index (χ2v) is 8.80. The average Bonchev–Trinajstić information content (AvgIpc) is 3.08. The molecule has 1 aromatic carbocycles. The van der Waals surface area contributed by atoms with E-state index >= 15 is 0 Å². The summed E-state index contributed by atoms with van der Waals surface area (Å²) in [7, 11) is 1.43. The van der Waals surface area contributed by atoms with Crippen molar-refractivity contribution in [2.75, 3.05) is 7.11 Å². The van der Waals surface area contributed by atoms with E-state index in [9.17, 15) is 19.7 Å². The fourth-order valence-corrected chi connectivity index (χ4v) is 5.86. The lowest BCUT2D eigenvalue weighted by Gasteiger charge is -2.18. The molecule has 6 rings (SSSR count). The van der Waals surface area contributed by atoms with Gasteiger partial charge in [-0.2, -0.15) is 10.1 Å². The number of nitro groups is 1. The number of furan rings is 1. The molecule has 2 amide bonds. The van der Waals surface area contributed by atoms with Crippen molar-refractivity contribution in [3.05, 3.63) is 58.4 Å². The minimum Gasteiger partial charge on any atom is -0.497 e. The third-order valence-electron chi connectivity index (χ3n) is 7.42. The van der Waals surface area contributed by atoms with Gasteiger partial charge in [-0.15, -0.1) is 0 Å². The Hall–Kier alpha value is -3.75. The van der Waals surface area contributed by atoms with Crippen molar-refractivity contribution < 1.29 is 23.7 Å². The molecular formula is C23H19N3O6. The van der Waals surface area contributed by atoms with E-state index in [0.717, 1.165) is 17.9 Å². The lowest BCUT2D eigenvalue weighted by atomic mass is 9.85.